The van der Waals surface area contributed by atoms with Gasteiger partial charge in [-0.05, 0) is 12.5 Å². The number of sulfonamides is 1. The third-order valence-electron chi connectivity index (χ3n) is 2.41. The Morgan fingerprint density at radius 2 is 2.21 bits per heavy atom. The van der Waals surface area contributed by atoms with Gasteiger partial charge in [-0.1, -0.05) is 24.2 Å². The molecule has 1 aromatic carbocycles. The molecular weight excluding hydrogens is 273 g/mol. The van der Waals surface area contributed by atoms with Crippen LogP contribution in [-0.2, 0) is 16.6 Å². The molecule has 19 heavy (non-hydrogen) atoms. The highest BCUT2D eigenvalue weighted by Gasteiger charge is 2.11. The molecule has 0 heterocycles. The zero-order valence-electron chi connectivity index (χ0n) is 10.4. The van der Waals surface area contributed by atoms with Crippen LogP contribution in [0.15, 0.2) is 23.4 Å². The molecule has 1 rings (SSSR count). The highest BCUT2D eigenvalue weighted by Crippen LogP contribution is 2.11. The molecule has 8 heteroatoms. The quantitative estimate of drug-likeness (QED) is 0.311. The van der Waals surface area contributed by atoms with Gasteiger partial charge in [0, 0.05) is 17.7 Å². The van der Waals surface area contributed by atoms with Crippen LogP contribution in [0, 0.1) is 5.82 Å². The van der Waals surface area contributed by atoms with Crippen LogP contribution in [0.2, 0.25) is 0 Å². The zero-order chi connectivity index (χ0) is 14.5. The maximum absolute atomic E-state index is 13.7. The van der Waals surface area contributed by atoms with Gasteiger partial charge in [-0.15, -0.1) is 0 Å². The van der Waals surface area contributed by atoms with Crippen molar-refractivity contribution in [3.05, 3.63) is 35.1 Å². The molecule has 1 aromatic rings. The van der Waals surface area contributed by atoms with E-state index in [4.69, 9.17) is 10.9 Å². The molecule has 0 saturated heterocycles. The maximum atomic E-state index is 13.7. The Bertz CT molecular complexity index is 573. The van der Waals surface area contributed by atoms with Crippen molar-refractivity contribution in [2.75, 3.05) is 5.75 Å². The summed E-state index contributed by atoms with van der Waals surface area (Å²) in [5.41, 5.74) is 5.73. The molecule has 0 unspecified atom stereocenters. The average Bonchev–Trinajstić information content (AvgIpc) is 2.36. The van der Waals surface area contributed by atoms with Crippen molar-refractivity contribution >= 4 is 15.9 Å². The molecule has 0 atom stereocenters. The predicted molar refractivity (Wildman–Crippen MR) is 69.8 cm³/mol. The van der Waals surface area contributed by atoms with E-state index in [-0.39, 0.29) is 29.3 Å². The van der Waals surface area contributed by atoms with Crippen LogP contribution in [-0.4, -0.2) is 25.2 Å². The van der Waals surface area contributed by atoms with E-state index in [0.717, 1.165) is 6.07 Å². The van der Waals surface area contributed by atoms with E-state index < -0.39 is 15.8 Å². The standard InChI is InChI=1S/C11H16FN3O3S/c1-2-5-19(17,18)14-7-9-4-3-8(6-10(9)12)11(13)15-16/h3-4,6,14,16H,2,5,7H2,1H3,(H2,13,15). The highest BCUT2D eigenvalue weighted by atomic mass is 32.2. The highest BCUT2D eigenvalue weighted by molar-refractivity contribution is 7.89. The first-order chi connectivity index (χ1) is 8.89. The van der Waals surface area contributed by atoms with Crippen molar-refractivity contribution in [3.63, 3.8) is 0 Å². The van der Waals surface area contributed by atoms with E-state index in [0.29, 0.717) is 6.42 Å². The Morgan fingerprint density at radius 3 is 2.74 bits per heavy atom. The SMILES string of the molecule is CCCS(=O)(=O)NCc1ccc(C(N)=NO)cc1F. The fourth-order valence-electron chi connectivity index (χ4n) is 1.44. The van der Waals surface area contributed by atoms with E-state index in [1.807, 2.05) is 0 Å². The normalized spacial score (nSPS) is 12.6. The number of nitrogens with zero attached hydrogens (tertiary/aromatic N) is 1. The third-order valence-corrected chi connectivity index (χ3v) is 3.94. The Balaban J connectivity index is 2.82. The third kappa shape index (κ3) is 4.49. The van der Waals surface area contributed by atoms with Crippen LogP contribution < -0.4 is 10.5 Å². The molecular formula is C11H16FN3O3S. The van der Waals surface area contributed by atoms with Crippen LogP contribution in [0.25, 0.3) is 0 Å². The molecule has 106 valence electrons. The molecule has 0 aliphatic rings. The van der Waals surface area contributed by atoms with Gasteiger partial charge in [0.15, 0.2) is 5.84 Å². The van der Waals surface area contributed by atoms with Crippen LogP contribution in [0.4, 0.5) is 4.39 Å². The summed E-state index contributed by atoms with van der Waals surface area (Å²) in [5, 5.41) is 11.2. The number of benzene rings is 1. The Hall–Kier alpha value is -1.67. The summed E-state index contributed by atoms with van der Waals surface area (Å²) in [6.45, 7) is 1.61. The van der Waals surface area contributed by atoms with Gasteiger partial charge in [0.1, 0.15) is 5.82 Å². The van der Waals surface area contributed by atoms with Crippen molar-refractivity contribution in [2.24, 2.45) is 10.9 Å². The summed E-state index contributed by atoms with van der Waals surface area (Å²) in [4.78, 5) is 0. The second kappa shape index (κ2) is 6.48. The number of nitrogens with one attached hydrogen (secondary N) is 1. The summed E-state index contributed by atoms with van der Waals surface area (Å²) in [5.74, 6) is -0.836. The van der Waals surface area contributed by atoms with Crippen molar-refractivity contribution in [1.29, 1.82) is 0 Å². The molecule has 0 radical (unpaired) electrons. The van der Waals surface area contributed by atoms with Gasteiger partial charge in [0.25, 0.3) is 0 Å². The molecule has 0 spiro atoms. The number of oxime groups is 1. The second-order valence-corrected chi connectivity index (χ2v) is 5.86. The van der Waals surface area contributed by atoms with Gasteiger partial charge in [0.05, 0.1) is 5.75 Å². The Labute approximate surface area is 111 Å². The first kappa shape index (κ1) is 15.4. The van der Waals surface area contributed by atoms with Crippen molar-refractivity contribution in [2.45, 2.75) is 19.9 Å². The fourth-order valence-corrected chi connectivity index (χ4v) is 2.49. The Kier molecular flexibility index (Phi) is 5.25. The van der Waals surface area contributed by atoms with E-state index in [1.165, 1.54) is 12.1 Å². The largest absolute Gasteiger partial charge is 0.409 e. The van der Waals surface area contributed by atoms with Gasteiger partial charge in [-0.2, -0.15) is 0 Å². The lowest BCUT2D eigenvalue weighted by Crippen LogP contribution is -2.26. The number of hydrogen-bond donors (Lipinski definition) is 3. The van der Waals surface area contributed by atoms with Gasteiger partial charge in [-0.25, -0.2) is 17.5 Å². The van der Waals surface area contributed by atoms with Crippen LogP contribution in [0.5, 0.6) is 0 Å². The summed E-state index contributed by atoms with van der Waals surface area (Å²) >= 11 is 0. The predicted octanol–water partition coefficient (Wildman–Crippen LogP) is 0.750. The lowest BCUT2D eigenvalue weighted by Gasteiger charge is -2.07. The van der Waals surface area contributed by atoms with Gasteiger partial charge >= 0.3 is 0 Å². The first-order valence-corrected chi connectivity index (χ1v) is 7.28. The van der Waals surface area contributed by atoms with Gasteiger partial charge < -0.3 is 10.9 Å². The topological polar surface area (TPSA) is 105 Å². The minimum Gasteiger partial charge on any atom is -0.409 e. The smallest absolute Gasteiger partial charge is 0.211 e. The number of halogens is 1. The zero-order valence-corrected chi connectivity index (χ0v) is 11.2. The molecule has 0 aliphatic heterocycles. The summed E-state index contributed by atoms with van der Waals surface area (Å²) in [6, 6.07) is 3.91. The van der Waals surface area contributed by atoms with E-state index >= 15 is 0 Å². The minimum atomic E-state index is -3.38. The van der Waals surface area contributed by atoms with E-state index in [1.54, 1.807) is 6.92 Å². The van der Waals surface area contributed by atoms with Crippen molar-refractivity contribution < 1.29 is 18.0 Å². The minimum absolute atomic E-state index is 0.00315. The number of rotatable bonds is 6. The molecule has 0 bridgehead atoms. The summed E-state index contributed by atoms with van der Waals surface area (Å²) in [6.07, 6.45) is 0.486. The average molecular weight is 289 g/mol. The number of hydrogen-bond acceptors (Lipinski definition) is 4. The molecule has 0 aromatic heterocycles. The second-order valence-electron chi connectivity index (χ2n) is 3.93. The lowest BCUT2D eigenvalue weighted by molar-refractivity contribution is 0.318. The van der Waals surface area contributed by atoms with E-state index in [2.05, 4.69) is 9.88 Å². The maximum Gasteiger partial charge on any atom is 0.211 e. The fraction of sp³-hybridized carbons (Fsp3) is 0.364. The Morgan fingerprint density at radius 1 is 1.53 bits per heavy atom. The first-order valence-electron chi connectivity index (χ1n) is 5.63. The monoisotopic (exact) mass is 289 g/mol. The van der Waals surface area contributed by atoms with Crippen LogP contribution in [0.3, 0.4) is 0 Å². The molecule has 0 amide bonds. The molecule has 0 saturated carbocycles. The number of amidine groups is 1. The number of nitrogens with two attached hydrogens (primary N) is 1. The molecule has 0 fully saturated rings. The van der Waals surface area contributed by atoms with Crippen molar-refractivity contribution in [3.8, 4) is 0 Å². The lowest BCUT2D eigenvalue weighted by atomic mass is 10.1. The van der Waals surface area contributed by atoms with Crippen LogP contribution >= 0.6 is 0 Å². The molecule has 4 N–H and O–H groups in total. The van der Waals surface area contributed by atoms with Gasteiger partial charge in [0.2, 0.25) is 10.0 Å². The molecule has 6 nitrogen and oxygen atoms in total. The summed E-state index contributed by atoms with van der Waals surface area (Å²) in [7, 11) is -3.38. The summed E-state index contributed by atoms with van der Waals surface area (Å²) < 4.78 is 38.8. The van der Waals surface area contributed by atoms with Crippen molar-refractivity contribution in [1.82, 2.24) is 4.72 Å². The molecule has 0 aliphatic carbocycles. The van der Waals surface area contributed by atoms with Crippen LogP contribution in [0.1, 0.15) is 24.5 Å². The van der Waals surface area contributed by atoms with E-state index in [9.17, 15) is 12.8 Å². The van der Waals surface area contributed by atoms with Gasteiger partial charge in [-0.3, -0.25) is 0 Å².